The van der Waals surface area contributed by atoms with Gasteiger partial charge in [0.1, 0.15) is 5.82 Å². The molecule has 21 heavy (non-hydrogen) atoms. The molecule has 5 heteroatoms. The van der Waals surface area contributed by atoms with Gasteiger partial charge in [0.05, 0.1) is 11.3 Å². The molecular formula is C16H13BrFN3. The van der Waals surface area contributed by atoms with E-state index in [1.165, 1.54) is 12.1 Å². The quantitative estimate of drug-likeness (QED) is 0.716. The maximum atomic E-state index is 13.3. The fourth-order valence-electron chi connectivity index (χ4n) is 2.39. The second-order valence-electron chi connectivity index (χ2n) is 4.83. The van der Waals surface area contributed by atoms with Crippen LogP contribution in [0.1, 0.15) is 5.56 Å². The Morgan fingerprint density at radius 2 is 2.00 bits per heavy atom. The van der Waals surface area contributed by atoms with Crippen molar-refractivity contribution in [2.24, 2.45) is 0 Å². The van der Waals surface area contributed by atoms with Crippen LogP contribution in [0.15, 0.2) is 46.9 Å². The van der Waals surface area contributed by atoms with E-state index in [-0.39, 0.29) is 5.82 Å². The number of rotatable bonds is 2. The standard InChI is InChI=1S/C16H13BrFN3/c1-9-7-12(18)5-6-13(9)15-14(16(19)21-20-15)10-3-2-4-11(17)8-10/h2-8H,1H3,(H3,19,20,21). The summed E-state index contributed by atoms with van der Waals surface area (Å²) in [5.74, 6) is 0.166. The fourth-order valence-corrected chi connectivity index (χ4v) is 2.79. The second-order valence-corrected chi connectivity index (χ2v) is 5.74. The zero-order valence-electron chi connectivity index (χ0n) is 11.3. The number of hydrogen-bond acceptors (Lipinski definition) is 2. The van der Waals surface area contributed by atoms with Gasteiger partial charge in [0.2, 0.25) is 0 Å². The van der Waals surface area contributed by atoms with Crippen LogP contribution in [0, 0.1) is 12.7 Å². The number of hydrogen-bond donors (Lipinski definition) is 2. The van der Waals surface area contributed by atoms with Gasteiger partial charge in [-0.15, -0.1) is 0 Å². The zero-order chi connectivity index (χ0) is 15.0. The van der Waals surface area contributed by atoms with Crippen LogP contribution in [0.2, 0.25) is 0 Å². The molecule has 1 heterocycles. The zero-order valence-corrected chi connectivity index (χ0v) is 12.9. The number of aromatic nitrogens is 2. The van der Waals surface area contributed by atoms with Crippen LogP contribution in [0.25, 0.3) is 22.4 Å². The number of halogens is 2. The summed E-state index contributed by atoms with van der Waals surface area (Å²) in [7, 11) is 0. The summed E-state index contributed by atoms with van der Waals surface area (Å²) in [5.41, 5.74) is 10.3. The molecule has 0 bridgehead atoms. The van der Waals surface area contributed by atoms with E-state index in [0.717, 1.165) is 32.4 Å². The molecule has 0 saturated carbocycles. The summed E-state index contributed by atoms with van der Waals surface area (Å²) in [5, 5.41) is 7.06. The van der Waals surface area contributed by atoms with E-state index >= 15 is 0 Å². The monoisotopic (exact) mass is 345 g/mol. The first-order valence-corrected chi connectivity index (χ1v) is 7.22. The molecule has 3 rings (SSSR count). The molecule has 3 aromatic rings. The lowest BCUT2D eigenvalue weighted by Gasteiger charge is -2.08. The third-order valence-corrected chi connectivity index (χ3v) is 3.86. The normalized spacial score (nSPS) is 10.8. The molecule has 0 radical (unpaired) electrons. The van der Waals surface area contributed by atoms with Crippen molar-refractivity contribution in [2.45, 2.75) is 6.92 Å². The molecular weight excluding hydrogens is 333 g/mol. The average molecular weight is 346 g/mol. The number of aromatic amines is 1. The lowest BCUT2D eigenvalue weighted by molar-refractivity contribution is 0.627. The van der Waals surface area contributed by atoms with E-state index in [4.69, 9.17) is 5.73 Å². The smallest absolute Gasteiger partial charge is 0.153 e. The largest absolute Gasteiger partial charge is 0.382 e. The minimum absolute atomic E-state index is 0.257. The third-order valence-electron chi connectivity index (χ3n) is 3.37. The molecule has 3 N–H and O–H groups in total. The van der Waals surface area contributed by atoms with Crippen LogP contribution in [-0.2, 0) is 0 Å². The summed E-state index contributed by atoms with van der Waals surface area (Å²) in [6.45, 7) is 1.86. The van der Waals surface area contributed by atoms with E-state index in [9.17, 15) is 4.39 Å². The molecule has 0 saturated heterocycles. The maximum Gasteiger partial charge on any atom is 0.153 e. The van der Waals surface area contributed by atoms with Crippen molar-refractivity contribution in [1.82, 2.24) is 10.2 Å². The number of nitrogens with two attached hydrogens (primary N) is 1. The van der Waals surface area contributed by atoms with Crippen LogP contribution >= 0.6 is 15.9 Å². The molecule has 1 aromatic heterocycles. The molecule has 0 aliphatic carbocycles. The molecule has 0 spiro atoms. The van der Waals surface area contributed by atoms with Crippen LogP contribution in [0.3, 0.4) is 0 Å². The number of nitrogens with one attached hydrogen (secondary N) is 1. The lowest BCUT2D eigenvalue weighted by Crippen LogP contribution is -1.90. The van der Waals surface area contributed by atoms with Crippen molar-refractivity contribution < 1.29 is 4.39 Å². The highest BCUT2D eigenvalue weighted by atomic mass is 79.9. The van der Waals surface area contributed by atoms with Crippen molar-refractivity contribution in [3.05, 3.63) is 58.3 Å². The minimum atomic E-state index is -0.257. The van der Waals surface area contributed by atoms with Gasteiger partial charge in [-0.05, 0) is 48.4 Å². The Morgan fingerprint density at radius 3 is 2.71 bits per heavy atom. The molecule has 3 nitrogen and oxygen atoms in total. The Hall–Kier alpha value is -2.14. The molecule has 0 fully saturated rings. The second kappa shape index (κ2) is 5.33. The predicted molar refractivity (Wildman–Crippen MR) is 86.3 cm³/mol. The van der Waals surface area contributed by atoms with Gasteiger partial charge in [0, 0.05) is 10.0 Å². The van der Waals surface area contributed by atoms with Gasteiger partial charge < -0.3 is 5.73 Å². The van der Waals surface area contributed by atoms with Crippen molar-refractivity contribution >= 4 is 21.7 Å². The summed E-state index contributed by atoms with van der Waals surface area (Å²) in [6, 6.07) is 12.5. The van der Waals surface area contributed by atoms with Crippen LogP contribution in [0.5, 0.6) is 0 Å². The topological polar surface area (TPSA) is 54.7 Å². The maximum absolute atomic E-state index is 13.3. The van der Waals surface area contributed by atoms with E-state index in [1.54, 1.807) is 6.07 Å². The highest BCUT2D eigenvalue weighted by molar-refractivity contribution is 9.10. The molecule has 2 aromatic carbocycles. The van der Waals surface area contributed by atoms with E-state index in [2.05, 4.69) is 26.1 Å². The van der Waals surface area contributed by atoms with Gasteiger partial charge in [-0.25, -0.2) is 4.39 Å². The summed E-state index contributed by atoms with van der Waals surface area (Å²) in [4.78, 5) is 0. The highest BCUT2D eigenvalue weighted by Crippen LogP contribution is 2.36. The average Bonchev–Trinajstić information content (AvgIpc) is 2.80. The first-order valence-electron chi connectivity index (χ1n) is 6.42. The number of anilines is 1. The van der Waals surface area contributed by atoms with E-state index < -0.39 is 0 Å². The number of nitrogens with zero attached hydrogens (tertiary/aromatic N) is 1. The van der Waals surface area contributed by atoms with Crippen LogP contribution < -0.4 is 5.73 Å². The van der Waals surface area contributed by atoms with E-state index in [0.29, 0.717) is 5.82 Å². The Kier molecular flexibility index (Phi) is 3.51. The Bertz CT molecular complexity index is 811. The number of benzene rings is 2. The molecule has 0 aliphatic heterocycles. The van der Waals surface area contributed by atoms with Gasteiger partial charge >= 0.3 is 0 Å². The number of aryl methyl sites for hydroxylation is 1. The van der Waals surface area contributed by atoms with Crippen LogP contribution in [0.4, 0.5) is 10.2 Å². The predicted octanol–water partition coefficient (Wildman–Crippen LogP) is 4.54. The molecule has 0 unspecified atom stereocenters. The Balaban J connectivity index is 2.22. The molecule has 0 amide bonds. The van der Waals surface area contributed by atoms with Gasteiger partial charge in [0.15, 0.2) is 5.82 Å². The molecule has 0 atom stereocenters. The summed E-state index contributed by atoms with van der Waals surface area (Å²) < 4.78 is 14.2. The lowest BCUT2D eigenvalue weighted by atomic mass is 9.98. The van der Waals surface area contributed by atoms with E-state index in [1.807, 2.05) is 31.2 Å². The highest BCUT2D eigenvalue weighted by Gasteiger charge is 2.16. The minimum Gasteiger partial charge on any atom is -0.382 e. The Labute approximate surface area is 130 Å². The first-order chi connectivity index (χ1) is 10.1. The van der Waals surface area contributed by atoms with Crippen molar-refractivity contribution in [3.8, 4) is 22.4 Å². The van der Waals surface area contributed by atoms with Gasteiger partial charge in [-0.2, -0.15) is 5.10 Å². The van der Waals surface area contributed by atoms with Crippen molar-refractivity contribution in [3.63, 3.8) is 0 Å². The van der Waals surface area contributed by atoms with Crippen LogP contribution in [-0.4, -0.2) is 10.2 Å². The molecule has 106 valence electrons. The van der Waals surface area contributed by atoms with Gasteiger partial charge in [0.25, 0.3) is 0 Å². The molecule has 0 aliphatic rings. The van der Waals surface area contributed by atoms with Gasteiger partial charge in [-0.1, -0.05) is 28.1 Å². The third kappa shape index (κ3) is 2.56. The van der Waals surface area contributed by atoms with Gasteiger partial charge in [-0.3, -0.25) is 5.10 Å². The number of nitrogen functional groups attached to an aromatic ring is 1. The summed E-state index contributed by atoms with van der Waals surface area (Å²) >= 11 is 3.46. The van der Waals surface area contributed by atoms with Crippen molar-refractivity contribution in [1.29, 1.82) is 0 Å². The SMILES string of the molecule is Cc1cc(F)ccc1-c1[nH]nc(N)c1-c1cccc(Br)c1. The fraction of sp³-hybridized carbons (Fsp3) is 0.0625. The Morgan fingerprint density at radius 1 is 1.19 bits per heavy atom. The summed E-state index contributed by atoms with van der Waals surface area (Å²) in [6.07, 6.45) is 0. The first kappa shape index (κ1) is 13.8. The number of H-pyrrole nitrogens is 1. The van der Waals surface area contributed by atoms with Crippen molar-refractivity contribution in [2.75, 3.05) is 5.73 Å².